The van der Waals surface area contributed by atoms with Crippen LogP contribution in [0, 0.1) is 19.7 Å². The molecule has 7 nitrogen and oxygen atoms in total. The van der Waals surface area contributed by atoms with E-state index in [1.807, 2.05) is 32.0 Å². The van der Waals surface area contributed by atoms with Gasteiger partial charge in [-0.2, -0.15) is 0 Å². The lowest BCUT2D eigenvalue weighted by atomic mass is 9.94. The molecule has 1 aliphatic rings. The minimum absolute atomic E-state index is 0.0371. The fourth-order valence-electron chi connectivity index (χ4n) is 5.15. The van der Waals surface area contributed by atoms with E-state index in [9.17, 15) is 18.8 Å². The summed E-state index contributed by atoms with van der Waals surface area (Å²) >= 11 is 0. The Labute approximate surface area is 235 Å². The molecular weight excluding hydrogens is 507 g/mol. The van der Waals surface area contributed by atoms with Crippen LogP contribution < -0.4 is 15.5 Å². The fraction of sp³-hybridized carbons (Fsp3) is 0.375. The van der Waals surface area contributed by atoms with Gasteiger partial charge >= 0.3 is 0 Å². The molecule has 0 bridgehead atoms. The molecule has 0 aliphatic heterocycles. The molecule has 1 aromatic heterocycles. The third-order valence-corrected chi connectivity index (χ3v) is 7.26. The van der Waals surface area contributed by atoms with Gasteiger partial charge in [-0.1, -0.05) is 49.6 Å². The number of benzene rings is 2. The predicted octanol–water partition coefficient (Wildman–Crippen LogP) is 6.17. The Morgan fingerprint density at radius 1 is 0.975 bits per heavy atom. The van der Waals surface area contributed by atoms with Crippen molar-refractivity contribution in [1.29, 1.82) is 0 Å². The number of aryl methyl sites for hydroxylation is 2. The number of hydrogen-bond donors (Lipinski definition) is 2. The van der Waals surface area contributed by atoms with Gasteiger partial charge in [0.2, 0.25) is 17.7 Å². The van der Waals surface area contributed by atoms with E-state index in [-0.39, 0.29) is 36.6 Å². The van der Waals surface area contributed by atoms with Crippen LogP contribution in [0.4, 0.5) is 15.9 Å². The number of aromatic nitrogens is 1. The molecule has 1 fully saturated rings. The first-order valence-electron chi connectivity index (χ1n) is 14.0. The van der Waals surface area contributed by atoms with Crippen molar-refractivity contribution in [2.75, 3.05) is 10.2 Å². The number of hydrogen-bond acceptors (Lipinski definition) is 4. The zero-order valence-corrected chi connectivity index (χ0v) is 23.2. The van der Waals surface area contributed by atoms with E-state index >= 15 is 0 Å². The highest BCUT2D eigenvalue weighted by atomic mass is 19.1. The summed E-state index contributed by atoms with van der Waals surface area (Å²) in [5, 5.41) is 5.91. The van der Waals surface area contributed by atoms with Gasteiger partial charge in [0.1, 0.15) is 17.7 Å². The van der Waals surface area contributed by atoms with Crippen molar-refractivity contribution in [2.24, 2.45) is 0 Å². The van der Waals surface area contributed by atoms with E-state index < -0.39 is 11.9 Å². The SMILES string of the molecule is Cc1ccc(C)c(N(C(=O)CCCC(=O)Nc2ccccn2)C(C(=O)NC2CCCCC2)c2ccc(F)cc2)c1. The first kappa shape index (κ1) is 28.9. The number of amides is 3. The van der Waals surface area contributed by atoms with Crippen LogP contribution >= 0.6 is 0 Å². The Hall–Kier alpha value is -4.07. The number of rotatable bonds is 10. The Bertz CT molecular complexity index is 1310. The van der Waals surface area contributed by atoms with Crippen LogP contribution in [0.1, 0.15) is 74.1 Å². The summed E-state index contributed by atoms with van der Waals surface area (Å²) in [4.78, 5) is 46.0. The van der Waals surface area contributed by atoms with Crippen molar-refractivity contribution in [1.82, 2.24) is 10.3 Å². The van der Waals surface area contributed by atoms with E-state index in [1.54, 1.807) is 36.5 Å². The van der Waals surface area contributed by atoms with Crippen molar-refractivity contribution in [3.63, 3.8) is 0 Å². The number of halogens is 1. The molecule has 210 valence electrons. The minimum Gasteiger partial charge on any atom is -0.351 e. The fourth-order valence-corrected chi connectivity index (χ4v) is 5.15. The third kappa shape index (κ3) is 7.74. The summed E-state index contributed by atoms with van der Waals surface area (Å²) in [5.74, 6) is -0.784. The van der Waals surface area contributed by atoms with Gasteiger partial charge in [0, 0.05) is 30.8 Å². The largest absolute Gasteiger partial charge is 0.351 e. The molecular formula is C32H37FN4O3. The van der Waals surface area contributed by atoms with Crippen molar-refractivity contribution < 1.29 is 18.8 Å². The summed E-state index contributed by atoms with van der Waals surface area (Å²) < 4.78 is 13.9. The van der Waals surface area contributed by atoms with Gasteiger partial charge in [0.15, 0.2) is 0 Å². The molecule has 1 aliphatic carbocycles. The molecule has 0 saturated heterocycles. The first-order chi connectivity index (χ1) is 19.3. The molecule has 0 radical (unpaired) electrons. The Morgan fingerprint density at radius 3 is 2.42 bits per heavy atom. The van der Waals surface area contributed by atoms with Crippen molar-refractivity contribution in [3.05, 3.63) is 89.4 Å². The van der Waals surface area contributed by atoms with Crippen LogP contribution in [0.25, 0.3) is 0 Å². The van der Waals surface area contributed by atoms with Crippen LogP contribution in [0.3, 0.4) is 0 Å². The molecule has 1 atom stereocenters. The number of carbonyl (C=O) groups excluding carboxylic acids is 3. The van der Waals surface area contributed by atoms with E-state index in [2.05, 4.69) is 15.6 Å². The maximum Gasteiger partial charge on any atom is 0.248 e. The van der Waals surface area contributed by atoms with Crippen LogP contribution in [0.2, 0.25) is 0 Å². The average molecular weight is 545 g/mol. The smallest absolute Gasteiger partial charge is 0.248 e. The third-order valence-electron chi connectivity index (χ3n) is 7.26. The van der Waals surface area contributed by atoms with Gasteiger partial charge in [0.05, 0.1) is 0 Å². The second-order valence-corrected chi connectivity index (χ2v) is 10.5. The van der Waals surface area contributed by atoms with Gasteiger partial charge in [0.25, 0.3) is 0 Å². The average Bonchev–Trinajstić information content (AvgIpc) is 2.95. The Kier molecular flexibility index (Phi) is 10.00. The van der Waals surface area contributed by atoms with Gasteiger partial charge in [-0.3, -0.25) is 19.3 Å². The Morgan fingerprint density at radius 2 is 1.73 bits per heavy atom. The highest BCUT2D eigenvalue weighted by Crippen LogP contribution is 2.33. The number of anilines is 2. The molecule has 1 saturated carbocycles. The minimum atomic E-state index is -0.988. The maximum atomic E-state index is 14.0. The monoisotopic (exact) mass is 544 g/mol. The van der Waals surface area contributed by atoms with E-state index in [0.717, 1.165) is 43.2 Å². The van der Waals surface area contributed by atoms with Crippen molar-refractivity contribution >= 4 is 29.2 Å². The van der Waals surface area contributed by atoms with Gasteiger partial charge in [-0.15, -0.1) is 0 Å². The second kappa shape index (κ2) is 13.8. The van der Waals surface area contributed by atoms with E-state index in [0.29, 0.717) is 23.5 Å². The first-order valence-corrected chi connectivity index (χ1v) is 14.0. The molecule has 2 aromatic carbocycles. The summed E-state index contributed by atoms with van der Waals surface area (Å²) in [7, 11) is 0. The van der Waals surface area contributed by atoms with Crippen molar-refractivity contribution in [2.45, 2.75) is 77.3 Å². The lowest BCUT2D eigenvalue weighted by Gasteiger charge is -2.34. The molecule has 3 aromatic rings. The zero-order chi connectivity index (χ0) is 28.5. The molecule has 2 N–H and O–H groups in total. The molecule has 40 heavy (non-hydrogen) atoms. The van der Waals surface area contributed by atoms with E-state index in [4.69, 9.17) is 0 Å². The number of carbonyl (C=O) groups is 3. The molecule has 8 heteroatoms. The highest BCUT2D eigenvalue weighted by Gasteiger charge is 2.34. The second-order valence-electron chi connectivity index (χ2n) is 10.5. The van der Waals surface area contributed by atoms with Gasteiger partial charge in [-0.25, -0.2) is 9.37 Å². The number of nitrogens with one attached hydrogen (secondary N) is 2. The van der Waals surface area contributed by atoms with Gasteiger partial charge < -0.3 is 10.6 Å². The molecule has 3 amide bonds. The zero-order valence-electron chi connectivity index (χ0n) is 23.2. The maximum absolute atomic E-state index is 14.0. The highest BCUT2D eigenvalue weighted by molar-refractivity contribution is 6.02. The molecule has 0 spiro atoms. The topological polar surface area (TPSA) is 91.4 Å². The number of pyridine rings is 1. The predicted molar refractivity (Wildman–Crippen MR) is 154 cm³/mol. The lowest BCUT2D eigenvalue weighted by Crippen LogP contribution is -2.47. The van der Waals surface area contributed by atoms with E-state index in [1.165, 1.54) is 17.0 Å². The molecule has 4 rings (SSSR count). The molecule has 1 unspecified atom stereocenters. The van der Waals surface area contributed by atoms with Gasteiger partial charge in [-0.05, 0) is 80.1 Å². The quantitative estimate of drug-likeness (QED) is 0.319. The Balaban J connectivity index is 1.61. The summed E-state index contributed by atoms with van der Waals surface area (Å²) in [5.41, 5.74) is 2.93. The summed E-state index contributed by atoms with van der Waals surface area (Å²) in [6, 6.07) is 15.8. The van der Waals surface area contributed by atoms with Crippen LogP contribution in [0.15, 0.2) is 66.9 Å². The van der Waals surface area contributed by atoms with Crippen LogP contribution in [0.5, 0.6) is 0 Å². The lowest BCUT2D eigenvalue weighted by molar-refractivity contribution is -0.127. The van der Waals surface area contributed by atoms with Crippen LogP contribution in [-0.2, 0) is 14.4 Å². The normalized spacial score (nSPS) is 14.3. The van der Waals surface area contributed by atoms with Crippen LogP contribution in [-0.4, -0.2) is 28.7 Å². The number of nitrogens with zero attached hydrogens (tertiary/aromatic N) is 2. The van der Waals surface area contributed by atoms with Crippen molar-refractivity contribution in [3.8, 4) is 0 Å². The summed E-state index contributed by atoms with van der Waals surface area (Å²) in [6.45, 7) is 3.83. The summed E-state index contributed by atoms with van der Waals surface area (Å²) in [6.07, 6.45) is 7.09. The molecule has 1 heterocycles. The standard InChI is InChI=1S/C32H37FN4O3/c1-22-14-15-23(2)27(21-22)37(30(39)13-8-12-29(38)36-28-11-6-7-20-34-28)31(24-16-18-25(33)19-17-24)32(40)35-26-9-4-3-5-10-26/h6-7,11,14-21,26,31H,3-5,8-10,12-13H2,1-2H3,(H,35,40)(H,34,36,38).